The Morgan fingerprint density at radius 3 is 2.43 bits per heavy atom. The van der Waals surface area contributed by atoms with Crippen molar-refractivity contribution in [1.29, 1.82) is 0 Å². The van der Waals surface area contributed by atoms with Gasteiger partial charge in [-0.2, -0.15) is 0 Å². The summed E-state index contributed by atoms with van der Waals surface area (Å²) in [6.45, 7) is 3.92. The number of hydrogen-bond donors (Lipinski definition) is 3. The van der Waals surface area contributed by atoms with Gasteiger partial charge in [0.2, 0.25) is 5.91 Å². The minimum Gasteiger partial charge on any atom is -0.478 e. The molecule has 1 aromatic carbocycles. The van der Waals surface area contributed by atoms with E-state index in [-0.39, 0.29) is 11.8 Å². The van der Waals surface area contributed by atoms with Gasteiger partial charge in [0.1, 0.15) is 0 Å². The van der Waals surface area contributed by atoms with Gasteiger partial charge in [-0.25, -0.2) is 4.79 Å². The van der Waals surface area contributed by atoms with Crippen LogP contribution in [-0.4, -0.2) is 36.0 Å². The molecule has 0 saturated carbocycles. The molecular weight excluding hydrogens is 272 g/mol. The number of amides is 2. The molecule has 6 heteroatoms. The Kier molecular flexibility index (Phi) is 6.13. The predicted molar refractivity (Wildman–Crippen MR) is 78.9 cm³/mol. The second-order valence-corrected chi connectivity index (χ2v) is 4.54. The highest BCUT2D eigenvalue weighted by Crippen LogP contribution is 2.11. The third-order valence-electron chi connectivity index (χ3n) is 2.56. The maximum absolute atomic E-state index is 12.0. The van der Waals surface area contributed by atoms with E-state index in [2.05, 4.69) is 10.6 Å². The van der Waals surface area contributed by atoms with Gasteiger partial charge in [0.15, 0.2) is 0 Å². The topological polar surface area (TPSA) is 95.5 Å². The molecule has 1 rings (SSSR count). The monoisotopic (exact) mass is 290 g/mol. The number of carbonyl (C=O) groups is 3. The van der Waals surface area contributed by atoms with E-state index >= 15 is 0 Å². The van der Waals surface area contributed by atoms with Crippen LogP contribution in [0.2, 0.25) is 0 Å². The van der Waals surface area contributed by atoms with Gasteiger partial charge in [-0.1, -0.05) is 6.07 Å². The van der Waals surface area contributed by atoms with Gasteiger partial charge in [-0.05, 0) is 36.3 Å². The first-order valence-electron chi connectivity index (χ1n) is 6.44. The largest absolute Gasteiger partial charge is 0.478 e. The lowest BCUT2D eigenvalue weighted by Crippen LogP contribution is -2.33. The van der Waals surface area contributed by atoms with Gasteiger partial charge in [0.05, 0.1) is 0 Å². The quantitative estimate of drug-likeness (QED) is 0.537. The standard InChI is InChI=1S/C15H18N2O4/c1-10-7-12(3-4-14(19)20)9-13(8-10)15(21)17-6-5-16-11(2)18/h3-4,7-9H,5-6H2,1-2H3,(H,16,18)(H,17,21)(H,19,20)/b4-3+. The molecule has 3 N–H and O–H groups in total. The molecule has 6 nitrogen and oxygen atoms in total. The Labute approximate surface area is 122 Å². The van der Waals surface area contributed by atoms with E-state index in [0.717, 1.165) is 11.6 Å². The van der Waals surface area contributed by atoms with Crippen LogP contribution in [0.4, 0.5) is 0 Å². The minimum absolute atomic E-state index is 0.152. The Bertz CT molecular complexity index is 579. The van der Waals surface area contributed by atoms with Crippen molar-refractivity contribution >= 4 is 23.9 Å². The highest BCUT2D eigenvalue weighted by Gasteiger charge is 2.06. The molecule has 1 aromatic rings. The number of carboxylic acids is 1. The van der Waals surface area contributed by atoms with Gasteiger partial charge >= 0.3 is 5.97 Å². The number of aryl methyl sites for hydroxylation is 1. The molecule has 0 atom stereocenters. The molecule has 0 heterocycles. The van der Waals surface area contributed by atoms with Crippen LogP contribution >= 0.6 is 0 Å². The number of carbonyl (C=O) groups excluding carboxylic acids is 2. The fraction of sp³-hybridized carbons (Fsp3) is 0.267. The fourth-order valence-corrected chi connectivity index (χ4v) is 1.72. The Balaban J connectivity index is 2.71. The van der Waals surface area contributed by atoms with Crippen LogP contribution < -0.4 is 10.6 Å². The number of aliphatic carboxylic acids is 1. The molecular formula is C15H18N2O4. The average molecular weight is 290 g/mol. The van der Waals surface area contributed by atoms with Gasteiger partial charge in [0, 0.05) is 31.7 Å². The second kappa shape index (κ2) is 7.84. The lowest BCUT2D eigenvalue weighted by atomic mass is 10.1. The number of nitrogens with one attached hydrogen (secondary N) is 2. The zero-order valence-electron chi connectivity index (χ0n) is 12.0. The van der Waals surface area contributed by atoms with Crippen molar-refractivity contribution in [2.45, 2.75) is 13.8 Å². The third-order valence-corrected chi connectivity index (χ3v) is 2.56. The summed E-state index contributed by atoms with van der Waals surface area (Å²) in [4.78, 5) is 33.2. The first-order chi connectivity index (χ1) is 9.88. The summed E-state index contributed by atoms with van der Waals surface area (Å²) < 4.78 is 0. The van der Waals surface area contributed by atoms with E-state index in [9.17, 15) is 14.4 Å². The van der Waals surface area contributed by atoms with E-state index in [1.54, 1.807) is 18.2 Å². The summed E-state index contributed by atoms with van der Waals surface area (Å²) >= 11 is 0. The van der Waals surface area contributed by atoms with Crippen molar-refractivity contribution in [2.75, 3.05) is 13.1 Å². The fourth-order valence-electron chi connectivity index (χ4n) is 1.72. The SMILES string of the molecule is CC(=O)NCCNC(=O)c1cc(C)cc(/C=C/C(=O)O)c1. The van der Waals surface area contributed by atoms with E-state index in [4.69, 9.17) is 5.11 Å². The molecule has 0 fully saturated rings. The van der Waals surface area contributed by atoms with E-state index in [0.29, 0.717) is 24.2 Å². The Hall–Kier alpha value is -2.63. The highest BCUT2D eigenvalue weighted by atomic mass is 16.4. The van der Waals surface area contributed by atoms with Crippen molar-refractivity contribution < 1.29 is 19.5 Å². The normalized spacial score (nSPS) is 10.4. The minimum atomic E-state index is -1.04. The van der Waals surface area contributed by atoms with E-state index in [1.807, 2.05) is 6.92 Å². The van der Waals surface area contributed by atoms with Crippen LogP contribution in [0.25, 0.3) is 6.08 Å². The molecule has 112 valence electrons. The van der Waals surface area contributed by atoms with Gasteiger partial charge < -0.3 is 15.7 Å². The molecule has 2 amide bonds. The Morgan fingerprint density at radius 2 is 1.81 bits per heavy atom. The molecule has 0 spiro atoms. The van der Waals surface area contributed by atoms with Gasteiger partial charge in [-0.15, -0.1) is 0 Å². The van der Waals surface area contributed by atoms with Gasteiger partial charge in [0.25, 0.3) is 5.91 Å². The first kappa shape index (κ1) is 16.4. The molecule has 0 saturated heterocycles. The molecule has 21 heavy (non-hydrogen) atoms. The van der Waals surface area contributed by atoms with Gasteiger partial charge in [-0.3, -0.25) is 9.59 Å². The van der Waals surface area contributed by atoms with Crippen molar-refractivity contribution in [3.8, 4) is 0 Å². The van der Waals surface area contributed by atoms with Crippen LogP contribution in [0.1, 0.15) is 28.4 Å². The summed E-state index contributed by atoms with van der Waals surface area (Å²) in [5.41, 5.74) is 1.95. The van der Waals surface area contributed by atoms with Crippen LogP contribution in [-0.2, 0) is 9.59 Å². The lowest BCUT2D eigenvalue weighted by Gasteiger charge is -2.07. The van der Waals surface area contributed by atoms with Crippen molar-refractivity contribution in [1.82, 2.24) is 10.6 Å². The smallest absolute Gasteiger partial charge is 0.328 e. The molecule has 0 aliphatic carbocycles. The summed E-state index contributed by atoms with van der Waals surface area (Å²) in [6, 6.07) is 5.11. The molecule has 0 unspecified atom stereocenters. The highest BCUT2D eigenvalue weighted by molar-refractivity contribution is 5.95. The number of carboxylic acid groups (broad SMARTS) is 1. The molecule has 0 aliphatic heterocycles. The summed E-state index contributed by atoms with van der Waals surface area (Å²) in [6.07, 6.45) is 2.46. The van der Waals surface area contributed by atoms with Crippen LogP contribution in [0.3, 0.4) is 0 Å². The van der Waals surface area contributed by atoms with E-state index in [1.165, 1.54) is 13.0 Å². The maximum Gasteiger partial charge on any atom is 0.328 e. The number of benzene rings is 1. The second-order valence-electron chi connectivity index (χ2n) is 4.54. The maximum atomic E-state index is 12.0. The van der Waals surface area contributed by atoms with E-state index < -0.39 is 5.97 Å². The van der Waals surface area contributed by atoms with Crippen molar-refractivity contribution in [3.05, 3.63) is 41.0 Å². The van der Waals surface area contributed by atoms with Crippen LogP contribution in [0.15, 0.2) is 24.3 Å². The molecule has 0 aliphatic rings. The summed E-state index contributed by atoms with van der Waals surface area (Å²) in [7, 11) is 0. The molecule has 0 bridgehead atoms. The summed E-state index contributed by atoms with van der Waals surface area (Å²) in [5.74, 6) is -1.47. The Morgan fingerprint density at radius 1 is 1.14 bits per heavy atom. The average Bonchev–Trinajstić information content (AvgIpc) is 2.40. The third kappa shape index (κ3) is 6.38. The first-order valence-corrected chi connectivity index (χ1v) is 6.44. The number of rotatable bonds is 6. The summed E-state index contributed by atoms with van der Waals surface area (Å²) in [5, 5.41) is 13.9. The zero-order chi connectivity index (χ0) is 15.8. The molecule has 0 aromatic heterocycles. The van der Waals surface area contributed by atoms with Crippen LogP contribution in [0, 0.1) is 6.92 Å². The van der Waals surface area contributed by atoms with Crippen LogP contribution in [0.5, 0.6) is 0 Å². The van der Waals surface area contributed by atoms with Crippen molar-refractivity contribution in [3.63, 3.8) is 0 Å². The number of hydrogen-bond acceptors (Lipinski definition) is 3. The predicted octanol–water partition coefficient (Wildman–Crippen LogP) is 0.959. The lowest BCUT2D eigenvalue weighted by molar-refractivity contribution is -0.131. The molecule has 0 radical (unpaired) electrons. The zero-order valence-corrected chi connectivity index (χ0v) is 12.0. The van der Waals surface area contributed by atoms with Crippen molar-refractivity contribution in [2.24, 2.45) is 0 Å².